The zero-order valence-corrected chi connectivity index (χ0v) is 5.77. The van der Waals surface area contributed by atoms with E-state index in [-0.39, 0.29) is 6.42 Å². The van der Waals surface area contributed by atoms with Crippen LogP contribution in [0.4, 0.5) is 0 Å². The molecule has 0 radical (unpaired) electrons. The van der Waals surface area contributed by atoms with Gasteiger partial charge in [0.1, 0.15) is 6.10 Å². The van der Waals surface area contributed by atoms with Gasteiger partial charge in [-0.05, 0) is 6.92 Å². The summed E-state index contributed by atoms with van der Waals surface area (Å²) in [7, 11) is 0. The van der Waals surface area contributed by atoms with Crippen LogP contribution in [-0.2, 0) is 4.74 Å². The van der Waals surface area contributed by atoms with E-state index in [1.165, 1.54) is 6.92 Å². The highest BCUT2D eigenvalue weighted by Gasteiger charge is 2.35. The van der Waals surface area contributed by atoms with E-state index < -0.39 is 24.6 Å². The molecule has 0 saturated carbocycles. The molecule has 60 valence electrons. The minimum absolute atomic E-state index is 0.190. The molecule has 4 nitrogen and oxygen atoms in total. The maximum atomic E-state index is 9.08. The minimum Gasteiger partial charge on any atom is -0.391 e. The first kappa shape index (κ1) is 7.94. The Hall–Kier alpha value is -0.160. The van der Waals surface area contributed by atoms with Crippen molar-refractivity contribution < 1.29 is 20.1 Å². The summed E-state index contributed by atoms with van der Waals surface area (Å²) in [5.74, 6) is 0. The summed E-state index contributed by atoms with van der Waals surface area (Å²) < 4.78 is 4.79. The topological polar surface area (TPSA) is 69.9 Å². The van der Waals surface area contributed by atoms with Crippen LogP contribution in [0.1, 0.15) is 13.3 Å². The third-order valence-electron chi connectivity index (χ3n) is 1.61. The molecule has 1 aliphatic rings. The first-order chi connectivity index (χ1) is 4.61. The minimum atomic E-state index is -0.922. The molecule has 1 rings (SSSR count). The maximum Gasteiger partial charge on any atom is 0.157 e. The highest BCUT2D eigenvalue weighted by atomic mass is 16.6. The Kier molecular flexibility index (Phi) is 2.25. The number of ether oxygens (including phenoxy) is 1. The second kappa shape index (κ2) is 2.84. The summed E-state index contributed by atoms with van der Waals surface area (Å²) in [5, 5.41) is 26.9. The average Bonchev–Trinajstić information content (AvgIpc) is 2.10. The summed E-state index contributed by atoms with van der Waals surface area (Å²) in [6, 6.07) is 0. The predicted octanol–water partition coefficient (Wildman–Crippen LogP) is -1.16. The van der Waals surface area contributed by atoms with Crippen molar-refractivity contribution in [2.45, 2.75) is 37.9 Å². The highest BCUT2D eigenvalue weighted by molar-refractivity contribution is 4.80. The molecule has 0 aromatic carbocycles. The van der Waals surface area contributed by atoms with Gasteiger partial charge in [-0.2, -0.15) is 0 Å². The fourth-order valence-electron chi connectivity index (χ4n) is 1.10. The van der Waals surface area contributed by atoms with Crippen molar-refractivity contribution in [2.24, 2.45) is 0 Å². The van der Waals surface area contributed by atoms with Crippen LogP contribution < -0.4 is 0 Å². The van der Waals surface area contributed by atoms with Gasteiger partial charge in [0.15, 0.2) is 6.29 Å². The van der Waals surface area contributed by atoms with Crippen LogP contribution in [-0.4, -0.2) is 39.9 Å². The third kappa shape index (κ3) is 1.46. The largest absolute Gasteiger partial charge is 0.391 e. The van der Waals surface area contributed by atoms with E-state index in [4.69, 9.17) is 20.1 Å². The summed E-state index contributed by atoms with van der Waals surface area (Å²) >= 11 is 0. The van der Waals surface area contributed by atoms with Crippen molar-refractivity contribution in [2.75, 3.05) is 0 Å². The molecule has 0 amide bonds. The van der Waals surface area contributed by atoms with Crippen molar-refractivity contribution in [1.82, 2.24) is 0 Å². The molecule has 4 atom stereocenters. The first-order valence-corrected chi connectivity index (χ1v) is 3.31. The Balaban J connectivity index is 2.46. The summed E-state index contributed by atoms with van der Waals surface area (Å²) in [6.45, 7) is 1.52. The van der Waals surface area contributed by atoms with E-state index in [1.54, 1.807) is 0 Å². The number of hydrogen-bond acceptors (Lipinski definition) is 4. The molecule has 0 aliphatic carbocycles. The Bertz CT molecular complexity index is 114. The van der Waals surface area contributed by atoms with Crippen molar-refractivity contribution in [3.63, 3.8) is 0 Å². The molecular formula is C6H12O4. The lowest BCUT2D eigenvalue weighted by Crippen LogP contribution is -2.32. The number of rotatable bonds is 1. The molecule has 0 bridgehead atoms. The zero-order chi connectivity index (χ0) is 7.72. The molecule has 0 aromatic rings. The van der Waals surface area contributed by atoms with Gasteiger partial charge in [0.25, 0.3) is 0 Å². The smallest absolute Gasteiger partial charge is 0.157 e. The molecule has 0 spiro atoms. The van der Waals surface area contributed by atoms with E-state index in [2.05, 4.69) is 0 Å². The van der Waals surface area contributed by atoms with Gasteiger partial charge in [-0.1, -0.05) is 0 Å². The van der Waals surface area contributed by atoms with Crippen LogP contribution in [0.5, 0.6) is 0 Å². The van der Waals surface area contributed by atoms with E-state index in [1.807, 2.05) is 0 Å². The molecule has 1 fully saturated rings. The highest BCUT2D eigenvalue weighted by Crippen LogP contribution is 2.20. The van der Waals surface area contributed by atoms with Crippen LogP contribution >= 0.6 is 0 Å². The monoisotopic (exact) mass is 148 g/mol. The van der Waals surface area contributed by atoms with Crippen LogP contribution in [0.15, 0.2) is 0 Å². The van der Waals surface area contributed by atoms with Crippen LogP contribution in [0.25, 0.3) is 0 Å². The molecular weight excluding hydrogens is 136 g/mol. The fraction of sp³-hybridized carbons (Fsp3) is 1.00. The molecule has 1 heterocycles. The van der Waals surface area contributed by atoms with Crippen molar-refractivity contribution >= 4 is 0 Å². The molecule has 0 unspecified atom stereocenters. The van der Waals surface area contributed by atoms with Gasteiger partial charge < -0.3 is 20.1 Å². The number of aliphatic hydroxyl groups excluding tert-OH is 3. The summed E-state index contributed by atoms with van der Waals surface area (Å²) in [5.41, 5.74) is 0. The van der Waals surface area contributed by atoms with Gasteiger partial charge >= 0.3 is 0 Å². The van der Waals surface area contributed by atoms with Crippen molar-refractivity contribution in [1.29, 1.82) is 0 Å². The van der Waals surface area contributed by atoms with Crippen LogP contribution in [0.3, 0.4) is 0 Å². The fourth-order valence-corrected chi connectivity index (χ4v) is 1.10. The molecule has 0 aromatic heterocycles. The lowest BCUT2D eigenvalue weighted by molar-refractivity contribution is -0.125. The molecule has 3 N–H and O–H groups in total. The number of hydrogen-bond donors (Lipinski definition) is 3. The Morgan fingerprint density at radius 1 is 1.50 bits per heavy atom. The Labute approximate surface area is 59.1 Å². The van der Waals surface area contributed by atoms with Crippen LogP contribution in [0.2, 0.25) is 0 Å². The Morgan fingerprint density at radius 3 is 2.30 bits per heavy atom. The molecule has 1 saturated heterocycles. The SMILES string of the molecule is C[C@@H](O)[C@H]1O[C@@H](O)C[C@H]1O. The van der Waals surface area contributed by atoms with E-state index in [0.717, 1.165) is 0 Å². The van der Waals surface area contributed by atoms with Gasteiger partial charge in [-0.25, -0.2) is 0 Å². The lowest BCUT2D eigenvalue weighted by Gasteiger charge is -2.15. The standard InChI is InChI=1S/C6H12O4/c1-3(7)6-4(8)2-5(9)10-6/h3-9H,2H2,1H3/t3-,4-,5-,6-/m1/s1. The van der Waals surface area contributed by atoms with Crippen LogP contribution in [0, 0.1) is 0 Å². The quantitative estimate of drug-likeness (QED) is 0.438. The van der Waals surface area contributed by atoms with Gasteiger partial charge in [-0.3, -0.25) is 0 Å². The maximum absolute atomic E-state index is 9.08. The molecule has 1 aliphatic heterocycles. The van der Waals surface area contributed by atoms with Gasteiger partial charge in [0.2, 0.25) is 0 Å². The van der Waals surface area contributed by atoms with Gasteiger partial charge in [0, 0.05) is 6.42 Å². The van der Waals surface area contributed by atoms with Gasteiger partial charge in [-0.15, -0.1) is 0 Å². The normalized spacial score (nSPS) is 43.8. The first-order valence-electron chi connectivity index (χ1n) is 3.31. The number of aliphatic hydroxyl groups is 3. The average molecular weight is 148 g/mol. The van der Waals surface area contributed by atoms with Crippen molar-refractivity contribution in [3.05, 3.63) is 0 Å². The van der Waals surface area contributed by atoms with Gasteiger partial charge in [0.05, 0.1) is 12.2 Å². The summed E-state index contributed by atoms with van der Waals surface area (Å²) in [4.78, 5) is 0. The molecule has 10 heavy (non-hydrogen) atoms. The van der Waals surface area contributed by atoms with E-state index in [9.17, 15) is 0 Å². The van der Waals surface area contributed by atoms with E-state index >= 15 is 0 Å². The van der Waals surface area contributed by atoms with Crippen molar-refractivity contribution in [3.8, 4) is 0 Å². The predicted molar refractivity (Wildman–Crippen MR) is 33.2 cm³/mol. The zero-order valence-electron chi connectivity index (χ0n) is 5.77. The van der Waals surface area contributed by atoms with E-state index in [0.29, 0.717) is 0 Å². The second-order valence-corrected chi connectivity index (χ2v) is 2.60. The Morgan fingerprint density at radius 2 is 2.10 bits per heavy atom. The summed E-state index contributed by atoms with van der Waals surface area (Å²) in [6.07, 6.45) is -2.83. The molecule has 4 heteroatoms. The second-order valence-electron chi connectivity index (χ2n) is 2.60. The third-order valence-corrected chi connectivity index (χ3v) is 1.61. The lowest BCUT2D eigenvalue weighted by atomic mass is 10.1.